The van der Waals surface area contributed by atoms with E-state index < -0.39 is 11.9 Å². The van der Waals surface area contributed by atoms with E-state index in [0.717, 1.165) is 12.8 Å². The van der Waals surface area contributed by atoms with Gasteiger partial charge in [-0.2, -0.15) is 0 Å². The van der Waals surface area contributed by atoms with Crippen molar-refractivity contribution in [2.45, 2.75) is 39.7 Å². The number of rotatable bonds is 10. The Morgan fingerprint density at radius 3 is 2.27 bits per heavy atom. The Morgan fingerprint density at radius 1 is 1.04 bits per heavy atom. The summed E-state index contributed by atoms with van der Waals surface area (Å²) >= 11 is 0. The molecule has 26 heavy (non-hydrogen) atoms. The molecule has 0 aliphatic carbocycles. The molecule has 7 nitrogen and oxygen atoms in total. The molecule has 0 saturated carbocycles. The third-order valence-corrected chi connectivity index (χ3v) is 3.69. The van der Waals surface area contributed by atoms with Gasteiger partial charge in [0.15, 0.2) is 6.61 Å². The molecule has 1 aromatic carbocycles. The molecule has 0 unspecified atom stereocenters. The van der Waals surface area contributed by atoms with Gasteiger partial charge in [-0.15, -0.1) is 0 Å². The monoisotopic (exact) mass is 364 g/mol. The maximum absolute atomic E-state index is 11.9. The number of esters is 1. The molecule has 0 aliphatic rings. The Hall–Kier alpha value is -2.57. The number of hydrogen-bond acceptors (Lipinski definition) is 5. The van der Waals surface area contributed by atoms with Crippen molar-refractivity contribution in [1.29, 1.82) is 0 Å². The Labute approximate surface area is 154 Å². The predicted octanol–water partition coefficient (Wildman–Crippen LogP) is 1.91. The average Bonchev–Trinajstić information content (AvgIpc) is 2.62. The summed E-state index contributed by atoms with van der Waals surface area (Å²) in [4.78, 5) is 35.3. The number of carbonyl (C=O) groups is 3. The van der Waals surface area contributed by atoms with Crippen LogP contribution in [0.15, 0.2) is 24.3 Å². The van der Waals surface area contributed by atoms with Gasteiger partial charge < -0.3 is 20.1 Å². The van der Waals surface area contributed by atoms with E-state index in [1.165, 1.54) is 7.11 Å². The smallest absolute Gasteiger partial charge is 0.325 e. The second-order valence-corrected chi connectivity index (χ2v) is 6.51. The molecule has 0 saturated heterocycles. The lowest BCUT2D eigenvalue weighted by molar-refractivity contribution is -0.147. The van der Waals surface area contributed by atoms with E-state index >= 15 is 0 Å². The fraction of sp³-hybridized carbons (Fsp3) is 0.526. The Bertz CT molecular complexity index is 598. The summed E-state index contributed by atoms with van der Waals surface area (Å²) in [5, 5.41) is 5.22. The first-order valence-electron chi connectivity index (χ1n) is 8.69. The zero-order valence-corrected chi connectivity index (χ0v) is 15.8. The molecule has 1 atom stereocenters. The van der Waals surface area contributed by atoms with E-state index in [0.29, 0.717) is 17.2 Å². The van der Waals surface area contributed by atoms with Crippen LogP contribution in [-0.4, -0.2) is 44.1 Å². The van der Waals surface area contributed by atoms with Gasteiger partial charge in [0, 0.05) is 11.6 Å². The predicted molar refractivity (Wildman–Crippen MR) is 98.0 cm³/mol. The summed E-state index contributed by atoms with van der Waals surface area (Å²) in [6.07, 6.45) is 1.88. The molecule has 2 amide bonds. The van der Waals surface area contributed by atoms with Gasteiger partial charge in [-0.1, -0.05) is 13.8 Å². The minimum atomic E-state index is -0.670. The van der Waals surface area contributed by atoms with E-state index in [2.05, 4.69) is 24.5 Å². The van der Waals surface area contributed by atoms with Crippen molar-refractivity contribution in [2.24, 2.45) is 5.92 Å². The molecule has 0 fully saturated rings. The molecule has 7 heteroatoms. The van der Waals surface area contributed by atoms with Crippen LogP contribution in [0, 0.1) is 5.92 Å². The van der Waals surface area contributed by atoms with Crippen molar-refractivity contribution in [3.8, 4) is 5.75 Å². The number of nitrogens with one attached hydrogen (secondary N) is 2. The van der Waals surface area contributed by atoms with Gasteiger partial charge in [0.1, 0.15) is 12.3 Å². The van der Waals surface area contributed by atoms with Gasteiger partial charge in [0.2, 0.25) is 0 Å². The minimum Gasteiger partial charge on any atom is -0.497 e. The van der Waals surface area contributed by atoms with E-state index in [1.807, 2.05) is 6.92 Å². The van der Waals surface area contributed by atoms with Gasteiger partial charge in [-0.3, -0.25) is 14.4 Å². The molecular weight excluding hydrogens is 336 g/mol. The molecule has 0 aliphatic heterocycles. The van der Waals surface area contributed by atoms with Crippen LogP contribution in [0.1, 0.15) is 44.0 Å². The van der Waals surface area contributed by atoms with Gasteiger partial charge in [0.25, 0.3) is 11.8 Å². The fourth-order valence-corrected chi connectivity index (χ4v) is 2.17. The van der Waals surface area contributed by atoms with Gasteiger partial charge in [0.05, 0.1) is 7.11 Å². The topological polar surface area (TPSA) is 93.7 Å². The highest BCUT2D eigenvalue weighted by molar-refractivity contribution is 5.96. The molecule has 0 spiro atoms. The van der Waals surface area contributed by atoms with Crippen molar-refractivity contribution < 1.29 is 23.9 Å². The third kappa shape index (κ3) is 8.50. The second-order valence-electron chi connectivity index (χ2n) is 6.51. The van der Waals surface area contributed by atoms with Crippen LogP contribution in [0.3, 0.4) is 0 Å². The standard InChI is InChI=1S/C19H28N2O5/c1-13(2)5-6-14(3)21-17(22)12-26-18(23)11-20-19(24)15-7-9-16(25-4)10-8-15/h7-10,13-14H,5-6,11-12H2,1-4H3,(H,20,24)(H,21,22)/t14-/m1/s1. The largest absolute Gasteiger partial charge is 0.497 e. The van der Waals surface area contributed by atoms with Gasteiger partial charge >= 0.3 is 5.97 Å². The fourth-order valence-electron chi connectivity index (χ4n) is 2.17. The maximum Gasteiger partial charge on any atom is 0.325 e. The van der Waals surface area contributed by atoms with Gasteiger partial charge in [-0.25, -0.2) is 0 Å². The number of carbonyl (C=O) groups excluding carboxylic acids is 3. The van der Waals surface area contributed by atoms with Crippen LogP contribution in [0.25, 0.3) is 0 Å². The Balaban J connectivity index is 2.26. The zero-order valence-electron chi connectivity index (χ0n) is 15.8. The lowest BCUT2D eigenvalue weighted by atomic mass is 10.0. The molecule has 0 heterocycles. The summed E-state index contributed by atoms with van der Waals surface area (Å²) in [6, 6.07) is 6.51. The molecule has 0 bridgehead atoms. The van der Waals surface area contributed by atoms with Crippen molar-refractivity contribution in [3.05, 3.63) is 29.8 Å². The molecule has 0 radical (unpaired) electrons. The molecular formula is C19H28N2O5. The van der Waals surface area contributed by atoms with Gasteiger partial charge in [-0.05, 0) is 49.9 Å². The van der Waals surface area contributed by atoms with Crippen LogP contribution in [0.2, 0.25) is 0 Å². The van der Waals surface area contributed by atoms with Crippen LogP contribution in [-0.2, 0) is 14.3 Å². The first kappa shape index (κ1) is 21.5. The van der Waals surface area contributed by atoms with E-state index in [1.54, 1.807) is 24.3 Å². The van der Waals surface area contributed by atoms with Crippen LogP contribution >= 0.6 is 0 Å². The third-order valence-electron chi connectivity index (χ3n) is 3.69. The summed E-state index contributed by atoms with van der Waals surface area (Å²) in [5.74, 6) is -0.222. The van der Waals surface area contributed by atoms with Crippen molar-refractivity contribution >= 4 is 17.8 Å². The lowest BCUT2D eigenvalue weighted by Crippen LogP contribution is -2.37. The molecule has 0 aromatic heterocycles. The highest BCUT2D eigenvalue weighted by atomic mass is 16.5. The molecule has 1 rings (SSSR count). The number of amides is 2. The minimum absolute atomic E-state index is 0.0263. The van der Waals surface area contributed by atoms with Crippen molar-refractivity contribution in [2.75, 3.05) is 20.3 Å². The Morgan fingerprint density at radius 2 is 1.69 bits per heavy atom. The summed E-state index contributed by atoms with van der Waals surface area (Å²) < 4.78 is 9.88. The molecule has 144 valence electrons. The van der Waals surface area contributed by atoms with E-state index in [4.69, 9.17) is 9.47 Å². The molecule has 1 aromatic rings. The summed E-state index contributed by atoms with van der Waals surface area (Å²) in [5.41, 5.74) is 0.398. The highest BCUT2D eigenvalue weighted by Crippen LogP contribution is 2.11. The average molecular weight is 364 g/mol. The van der Waals surface area contributed by atoms with E-state index in [9.17, 15) is 14.4 Å². The second kappa shape index (κ2) is 11.1. The quantitative estimate of drug-likeness (QED) is 0.619. The van der Waals surface area contributed by atoms with Crippen LogP contribution < -0.4 is 15.4 Å². The normalized spacial score (nSPS) is 11.6. The zero-order chi connectivity index (χ0) is 19.5. The summed E-state index contributed by atoms with van der Waals surface area (Å²) in [7, 11) is 1.53. The Kier molecular flexibility index (Phi) is 9.19. The van der Waals surface area contributed by atoms with Crippen molar-refractivity contribution in [3.63, 3.8) is 0 Å². The number of hydrogen-bond donors (Lipinski definition) is 2. The SMILES string of the molecule is COc1ccc(C(=O)NCC(=O)OCC(=O)N[C@H](C)CCC(C)C)cc1. The van der Waals surface area contributed by atoms with Crippen molar-refractivity contribution in [1.82, 2.24) is 10.6 Å². The highest BCUT2D eigenvalue weighted by Gasteiger charge is 2.12. The number of methoxy groups -OCH3 is 1. The molecule has 2 N–H and O–H groups in total. The van der Waals surface area contributed by atoms with E-state index in [-0.39, 0.29) is 25.1 Å². The number of ether oxygens (including phenoxy) is 2. The maximum atomic E-state index is 11.9. The van der Waals surface area contributed by atoms with Crippen LogP contribution in [0.5, 0.6) is 5.75 Å². The number of benzene rings is 1. The lowest BCUT2D eigenvalue weighted by Gasteiger charge is -2.15. The first-order valence-corrected chi connectivity index (χ1v) is 8.69. The summed E-state index contributed by atoms with van der Waals surface area (Å²) in [6.45, 7) is 5.49. The van der Waals surface area contributed by atoms with Crippen LogP contribution in [0.4, 0.5) is 0 Å². The first-order chi connectivity index (χ1) is 12.3.